The normalized spacial score (nSPS) is 15.1. The molecule has 0 unspecified atom stereocenters. The minimum atomic E-state index is -0.0980. The van der Waals surface area contributed by atoms with Crippen LogP contribution >= 0.6 is 0 Å². The van der Waals surface area contributed by atoms with E-state index >= 15 is 0 Å². The molecule has 5 nitrogen and oxygen atoms in total. The van der Waals surface area contributed by atoms with Crippen molar-refractivity contribution >= 4 is 11.8 Å². The molecular weight excluding hydrogens is 316 g/mol. The fourth-order valence-corrected chi connectivity index (χ4v) is 3.22. The van der Waals surface area contributed by atoms with E-state index in [1.807, 2.05) is 17.0 Å². The Hall–Kier alpha value is -2.56. The van der Waals surface area contributed by atoms with E-state index in [1.54, 1.807) is 17.0 Å². The minimum absolute atomic E-state index is 0.0980. The number of hydrogen-bond donors (Lipinski definition) is 0. The smallest absolute Gasteiger partial charge is 0.289 e. The second kappa shape index (κ2) is 8.01. The topological polar surface area (TPSA) is 53.8 Å². The van der Waals surface area contributed by atoms with Crippen LogP contribution in [0.1, 0.15) is 34.5 Å². The van der Waals surface area contributed by atoms with Crippen LogP contribution in [0, 0.1) is 6.92 Å². The number of rotatable bonds is 4. The molecule has 2 amide bonds. The van der Waals surface area contributed by atoms with E-state index < -0.39 is 0 Å². The molecule has 5 heteroatoms. The van der Waals surface area contributed by atoms with Gasteiger partial charge in [-0.15, -0.1) is 0 Å². The van der Waals surface area contributed by atoms with E-state index in [-0.39, 0.29) is 11.8 Å². The van der Waals surface area contributed by atoms with Gasteiger partial charge in [0, 0.05) is 32.6 Å². The summed E-state index contributed by atoms with van der Waals surface area (Å²) in [6, 6.07) is 11.6. The maximum absolute atomic E-state index is 12.5. The predicted octanol–water partition coefficient (Wildman–Crippen LogP) is 2.90. The van der Waals surface area contributed by atoms with Crippen LogP contribution in [0.3, 0.4) is 0 Å². The Labute approximate surface area is 148 Å². The van der Waals surface area contributed by atoms with Crippen molar-refractivity contribution in [3.8, 4) is 0 Å². The number of carbonyl (C=O) groups is 2. The Morgan fingerprint density at radius 2 is 1.76 bits per heavy atom. The molecule has 0 aliphatic carbocycles. The maximum Gasteiger partial charge on any atom is 0.289 e. The highest BCUT2D eigenvalue weighted by Crippen LogP contribution is 2.13. The highest BCUT2D eigenvalue weighted by atomic mass is 16.3. The van der Waals surface area contributed by atoms with Crippen LogP contribution in [-0.4, -0.2) is 47.8 Å². The van der Waals surface area contributed by atoms with Crippen LogP contribution in [0.25, 0.3) is 0 Å². The van der Waals surface area contributed by atoms with Gasteiger partial charge < -0.3 is 14.2 Å². The molecule has 1 aliphatic rings. The van der Waals surface area contributed by atoms with Gasteiger partial charge in [0.15, 0.2) is 5.76 Å². The molecule has 1 aromatic carbocycles. The van der Waals surface area contributed by atoms with Gasteiger partial charge in [0.25, 0.3) is 5.91 Å². The monoisotopic (exact) mass is 340 g/mol. The summed E-state index contributed by atoms with van der Waals surface area (Å²) < 4.78 is 5.19. The zero-order chi connectivity index (χ0) is 17.6. The largest absolute Gasteiger partial charge is 0.459 e. The van der Waals surface area contributed by atoms with Gasteiger partial charge in [-0.2, -0.15) is 0 Å². The number of carbonyl (C=O) groups excluding carboxylic acids is 2. The molecule has 2 heterocycles. The van der Waals surface area contributed by atoms with Gasteiger partial charge in [-0.05, 0) is 43.0 Å². The first kappa shape index (κ1) is 17.3. The fraction of sp³-hybridized carbons (Fsp3) is 0.400. The third-order valence-corrected chi connectivity index (χ3v) is 4.74. The van der Waals surface area contributed by atoms with Gasteiger partial charge in [-0.3, -0.25) is 9.59 Å². The van der Waals surface area contributed by atoms with Gasteiger partial charge in [-0.1, -0.05) is 24.3 Å². The van der Waals surface area contributed by atoms with Gasteiger partial charge in [0.05, 0.1) is 6.26 Å². The Balaban J connectivity index is 1.53. The molecular formula is C20H24N2O3. The summed E-state index contributed by atoms with van der Waals surface area (Å²) >= 11 is 0. The van der Waals surface area contributed by atoms with E-state index in [0.717, 1.165) is 12.8 Å². The molecule has 0 spiro atoms. The summed E-state index contributed by atoms with van der Waals surface area (Å²) in [5.41, 5.74) is 2.45. The molecule has 2 aromatic rings. The second-order valence-corrected chi connectivity index (χ2v) is 6.43. The van der Waals surface area contributed by atoms with Gasteiger partial charge in [0.1, 0.15) is 0 Å². The van der Waals surface area contributed by atoms with Crippen LogP contribution < -0.4 is 0 Å². The third-order valence-electron chi connectivity index (χ3n) is 4.74. The number of furan rings is 1. The van der Waals surface area contributed by atoms with E-state index in [9.17, 15) is 9.59 Å². The molecule has 0 radical (unpaired) electrons. The fourth-order valence-electron chi connectivity index (χ4n) is 3.22. The molecule has 1 aliphatic heterocycles. The quantitative estimate of drug-likeness (QED) is 0.860. The second-order valence-electron chi connectivity index (χ2n) is 6.43. The first-order chi connectivity index (χ1) is 12.1. The minimum Gasteiger partial charge on any atom is -0.459 e. The van der Waals surface area contributed by atoms with Crippen molar-refractivity contribution in [2.75, 3.05) is 26.2 Å². The molecule has 0 N–H and O–H groups in total. The van der Waals surface area contributed by atoms with Crippen LogP contribution in [0.5, 0.6) is 0 Å². The lowest BCUT2D eigenvalue weighted by atomic mass is 10.0. The summed E-state index contributed by atoms with van der Waals surface area (Å²) in [6.07, 6.45) is 3.57. The molecule has 1 aromatic heterocycles. The Bertz CT molecular complexity index is 724. The van der Waals surface area contributed by atoms with Crippen LogP contribution in [0.2, 0.25) is 0 Å². The molecule has 132 valence electrons. The van der Waals surface area contributed by atoms with Gasteiger partial charge in [-0.25, -0.2) is 0 Å². The zero-order valence-corrected chi connectivity index (χ0v) is 14.6. The number of nitrogens with zero attached hydrogens (tertiary/aromatic N) is 2. The predicted molar refractivity (Wildman–Crippen MR) is 95.3 cm³/mol. The summed E-state index contributed by atoms with van der Waals surface area (Å²) in [6.45, 7) is 4.56. The van der Waals surface area contributed by atoms with Crippen LogP contribution in [-0.2, 0) is 11.2 Å². The number of amides is 2. The summed E-state index contributed by atoms with van der Waals surface area (Å²) in [7, 11) is 0. The van der Waals surface area contributed by atoms with Crippen molar-refractivity contribution in [3.63, 3.8) is 0 Å². The average Bonchev–Trinajstić information content (AvgIpc) is 3.04. The highest BCUT2D eigenvalue weighted by molar-refractivity contribution is 5.91. The molecule has 1 saturated heterocycles. The first-order valence-corrected chi connectivity index (χ1v) is 8.80. The van der Waals surface area contributed by atoms with E-state index in [4.69, 9.17) is 4.42 Å². The SMILES string of the molecule is Cc1ccccc1CCC(=O)N1CCCN(C(=O)c2ccco2)CC1. The summed E-state index contributed by atoms with van der Waals surface area (Å²) in [5, 5.41) is 0. The number of hydrogen-bond acceptors (Lipinski definition) is 3. The summed E-state index contributed by atoms with van der Waals surface area (Å²) in [5.74, 6) is 0.425. The first-order valence-electron chi connectivity index (χ1n) is 8.80. The molecule has 0 atom stereocenters. The lowest BCUT2D eigenvalue weighted by Gasteiger charge is -2.22. The molecule has 1 fully saturated rings. The van der Waals surface area contributed by atoms with Gasteiger partial charge >= 0.3 is 0 Å². The lowest BCUT2D eigenvalue weighted by Crippen LogP contribution is -2.37. The average molecular weight is 340 g/mol. The number of benzene rings is 1. The third kappa shape index (κ3) is 4.29. The van der Waals surface area contributed by atoms with Crippen molar-refractivity contribution in [2.45, 2.75) is 26.2 Å². The zero-order valence-electron chi connectivity index (χ0n) is 14.6. The highest BCUT2D eigenvalue weighted by Gasteiger charge is 2.23. The van der Waals surface area contributed by atoms with E-state index in [0.29, 0.717) is 38.4 Å². The molecule has 25 heavy (non-hydrogen) atoms. The van der Waals surface area contributed by atoms with E-state index in [1.165, 1.54) is 17.4 Å². The van der Waals surface area contributed by atoms with Crippen LogP contribution in [0.15, 0.2) is 47.1 Å². The van der Waals surface area contributed by atoms with Gasteiger partial charge in [0.2, 0.25) is 5.91 Å². The van der Waals surface area contributed by atoms with Crippen molar-refractivity contribution in [1.29, 1.82) is 0 Å². The van der Waals surface area contributed by atoms with Crippen molar-refractivity contribution < 1.29 is 14.0 Å². The maximum atomic E-state index is 12.5. The van der Waals surface area contributed by atoms with Crippen molar-refractivity contribution in [3.05, 3.63) is 59.5 Å². The van der Waals surface area contributed by atoms with Crippen LogP contribution in [0.4, 0.5) is 0 Å². The Morgan fingerprint density at radius 1 is 1.00 bits per heavy atom. The van der Waals surface area contributed by atoms with Crippen molar-refractivity contribution in [1.82, 2.24) is 9.80 Å². The molecule has 3 rings (SSSR count). The molecule has 0 bridgehead atoms. The lowest BCUT2D eigenvalue weighted by molar-refractivity contribution is -0.131. The Morgan fingerprint density at radius 3 is 2.52 bits per heavy atom. The van der Waals surface area contributed by atoms with E-state index in [2.05, 4.69) is 19.1 Å². The Kier molecular flexibility index (Phi) is 5.53. The summed E-state index contributed by atoms with van der Waals surface area (Å²) in [4.78, 5) is 28.6. The van der Waals surface area contributed by atoms with Crippen molar-refractivity contribution in [2.24, 2.45) is 0 Å². The standard InChI is InChI=1S/C20H24N2O3/c1-16-6-2-3-7-17(16)9-10-19(23)21-11-5-12-22(14-13-21)20(24)18-8-4-15-25-18/h2-4,6-8,15H,5,9-14H2,1H3. The molecule has 0 saturated carbocycles. The number of aryl methyl sites for hydroxylation is 2.